The van der Waals surface area contributed by atoms with Crippen LogP contribution in [0.4, 0.5) is 21.0 Å². The largest absolute Gasteiger partial charge is 0.497 e. The van der Waals surface area contributed by atoms with Crippen LogP contribution in [0, 0.1) is 0 Å². The molecule has 0 bridgehead atoms. The van der Waals surface area contributed by atoms with Crippen molar-refractivity contribution in [2.45, 2.75) is 56.4 Å². The average Bonchev–Trinajstić information content (AvgIpc) is 4.12. The van der Waals surface area contributed by atoms with Crippen molar-refractivity contribution < 1.29 is 43.0 Å². The molecular weight excluding hydrogens is 843 g/mol. The quantitative estimate of drug-likeness (QED) is 0.0956. The molecule has 0 aliphatic carbocycles. The Labute approximate surface area is 381 Å². The summed E-state index contributed by atoms with van der Waals surface area (Å²) in [5.41, 5.74) is 4.77. The van der Waals surface area contributed by atoms with Gasteiger partial charge in [-0.15, -0.1) is 0 Å². The third kappa shape index (κ3) is 9.48. The van der Waals surface area contributed by atoms with Gasteiger partial charge in [0, 0.05) is 41.8 Å². The van der Waals surface area contributed by atoms with E-state index in [1.807, 2.05) is 72.8 Å². The van der Waals surface area contributed by atoms with Crippen LogP contribution < -0.4 is 26.0 Å². The number of hydrogen-bond acceptors (Lipinski definition) is 9. The molecular formula is C50H51N7O9. The van der Waals surface area contributed by atoms with Crippen molar-refractivity contribution in [3.05, 3.63) is 138 Å². The van der Waals surface area contributed by atoms with Crippen molar-refractivity contribution >= 4 is 69.0 Å². The van der Waals surface area contributed by atoms with Crippen LogP contribution in [0.15, 0.2) is 121 Å². The number of carbonyl (C=O) groups excluding carboxylic acids is 6. The van der Waals surface area contributed by atoms with Gasteiger partial charge in [0.05, 0.1) is 32.4 Å². The van der Waals surface area contributed by atoms with E-state index in [2.05, 4.69) is 25.8 Å². The van der Waals surface area contributed by atoms with Crippen LogP contribution in [0.25, 0.3) is 21.8 Å². The lowest BCUT2D eigenvalue weighted by molar-refractivity contribution is -0.138. The fraction of sp³-hybridized carbons (Fsp3) is 0.280. The number of alkyl carbamates (subject to hydrolysis) is 2. The number of nitrogens with one attached hydrogen (secondary N) is 4. The highest BCUT2D eigenvalue weighted by molar-refractivity contribution is 6.11. The molecule has 4 atom stereocenters. The average molecular weight is 894 g/mol. The van der Waals surface area contributed by atoms with Gasteiger partial charge in [-0.25, -0.2) is 9.59 Å². The predicted molar refractivity (Wildman–Crippen MR) is 248 cm³/mol. The smallest absolute Gasteiger partial charge is 0.407 e. The summed E-state index contributed by atoms with van der Waals surface area (Å²) in [7, 11) is 4.06. The van der Waals surface area contributed by atoms with Gasteiger partial charge in [-0.1, -0.05) is 84.9 Å². The first-order chi connectivity index (χ1) is 32.1. The van der Waals surface area contributed by atoms with Gasteiger partial charge in [-0.2, -0.15) is 0 Å². The maximum atomic E-state index is 14.1. The fourth-order valence-electron chi connectivity index (χ4n) is 8.94. The number of anilines is 2. The van der Waals surface area contributed by atoms with Gasteiger partial charge in [0.2, 0.25) is 11.8 Å². The molecule has 2 saturated heterocycles. The summed E-state index contributed by atoms with van der Waals surface area (Å²) in [6, 6.07) is 33.0. The molecule has 6 aromatic rings. The Hall–Kier alpha value is -7.88. The lowest BCUT2D eigenvalue weighted by atomic mass is 10.0. The zero-order valence-electron chi connectivity index (χ0n) is 36.8. The minimum atomic E-state index is -1.05. The van der Waals surface area contributed by atoms with Gasteiger partial charge in [0.1, 0.15) is 29.9 Å². The molecule has 340 valence electrons. The Morgan fingerprint density at radius 3 is 1.42 bits per heavy atom. The zero-order chi connectivity index (χ0) is 46.3. The van der Waals surface area contributed by atoms with E-state index in [9.17, 15) is 28.8 Å². The SMILES string of the molecule is COC(=O)N[C@@H](C(=O)N1CCC[C@H]1C(=O)Nc1ccc2c3ccc(NC(=O)[C@@H]4CCCN4C(=O)[C@H](NC(=O)OC)c4ccccc4)cc3n(Cc3ccc(OC)cc3)c2c1)c1ccccc1. The van der Waals surface area contributed by atoms with Gasteiger partial charge in [-0.3, -0.25) is 19.2 Å². The summed E-state index contributed by atoms with van der Waals surface area (Å²) in [6.45, 7) is 1.11. The first-order valence-electron chi connectivity index (χ1n) is 21.8. The number of methoxy groups -OCH3 is 3. The molecule has 2 aliphatic rings. The topological polar surface area (TPSA) is 190 Å². The van der Waals surface area contributed by atoms with Crippen LogP contribution >= 0.6 is 0 Å². The molecule has 8 rings (SSSR count). The normalized spacial score (nSPS) is 16.6. The van der Waals surface area contributed by atoms with E-state index in [0.717, 1.165) is 27.4 Å². The summed E-state index contributed by atoms with van der Waals surface area (Å²) < 4.78 is 17.2. The van der Waals surface area contributed by atoms with E-state index in [-0.39, 0.29) is 11.8 Å². The summed E-state index contributed by atoms with van der Waals surface area (Å²) in [5.74, 6) is -0.836. The standard InChI is InChI=1S/C50H51N7O9/c1-64-36-22-18-31(19-23-36)30-57-41-28-34(51-45(58)39-16-10-26-55(39)47(60)43(53-49(62)65-2)32-12-6-4-7-13-32)20-24-37(41)38-25-21-35(29-42(38)57)52-46(59)40-17-11-27-56(40)48(61)44(54-50(63)66-3)33-14-8-5-9-15-33/h4-9,12-15,18-25,28-29,39-40,43-44H,10-11,16-17,26-27,30H2,1-3H3,(H,51,58)(H,52,59)(H,53,62)(H,54,63)/t39-,40-,43+,44+/m0/s1. The summed E-state index contributed by atoms with van der Waals surface area (Å²) in [5, 5.41) is 13.2. The monoisotopic (exact) mass is 893 g/mol. The maximum absolute atomic E-state index is 14.1. The molecule has 16 nitrogen and oxygen atoms in total. The first-order valence-corrected chi connectivity index (χ1v) is 21.8. The van der Waals surface area contributed by atoms with Crippen molar-refractivity contribution in [3.8, 4) is 5.75 Å². The van der Waals surface area contributed by atoms with Crippen LogP contribution in [-0.2, 0) is 35.2 Å². The summed E-state index contributed by atoms with van der Waals surface area (Å²) in [6.07, 6.45) is 0.566. The number of fused-ring (bicyclic) bond motifs is 3. The summed E-state index contributed by atoms with van der Waals surface area (Å²) in [4.78, 5) is 83.9. The second-order valence-electron chi connectivity index (χ2n) is 16.2. The fourth-order valence-corrected chi connectivity index (χ4v) is 8.94. The molecule has 3 heterocycles. The number of benzene rings is 5. The molecule has 16 heteroatoms. The molecule has 66 heavy (non-hydrogen) atoms. The Morgan fingerprint density at radius 2 is 1.02 bits per heavy atom. The molecule has 0 radical (unpaired) electrons. The van der Waals surface area contributed by atoms with Gasteiger partial charge < -0.3 is 49.8 Å². The van der Waals surface area contributed by atoms with Crippen LogP contribution in [0.2, 0.25) is 0 Å². The molecule has 6 amide bonds. The third-order valence-corrected chi connectivity index (χ3v) is 12.2. The molecule has 0 unspecified atom stereocenters. The predicted octanol–water partition coefficient (Wildman–Crippen LogP) is 6.91. The van der Waals surface area contributed by atoms with Gasteiger partial charge in [0.15, 0.2) is 0 Å². The minimum Gasteiger partial charge on any atom is -0.497 e. The number of likely N-dealkylation sites (tertiary alicyclic amines) is 2. The lowest BCUT2D eigenvalue weighted by Gasteiger charge is -2.28. The zero-order valence-corrected chi connectivity index (χ0v) is 36.8. The molecule has 0 spiro atoms. The molecule has 2 aliphatic heterocycles. The van der Waals surface area contributed by atoms with Crippen molar-refractivity contribution in [2.24, 2.45) is 0 Å². The Balaban J connectivity index is 1.07. The molecule has 1 aromatic heterocycles. The van der Waals surface area contributed by atoms with E-state index < -0.39 is 48.2 Å². The Morgan fingerprint density at radius 1 is 0.576 bits per heavy atom. The van der Waals surface area contributed by atoms with Crippen LogP contribution in [0.3, 0.4) is 0 Å². The second kappa shape index (κ2) is 19.9. The third-order valence-electron chi connectivity index (χ3n) is 12.2. The van der Waals surface area contributed by atoms with E-state index in [1.54, 1.807) is 55.6 Å². The van der Waals surface area contributed by atoms with Gasteiger partial charge in [0.25, 0.3) is 11.8 Å². The van der Waals surface area contributed by atoms with Crippen molar-refractivity contribution in [1.29, 1.82) is 0 Å². The van der Waals surface area contributed by atoms with Crippen molar-refractivity contribution in [3.63, 3.8) is 0 Å². The number of rotatable bonds is 13. The molecule has 4 N–H and O–H groups in total. The van der Waals surface area contributed by atoms with Gasteiger partial charge >= 0.3 is 12.2 Å². The Bertz CT molecular complexity index is 2600. The maximum Gasteiger partial charge on any atom is 0.407 e. The van der Waals surface area contributed by atoms with E-state index in [0.29, 0.717) is 73.6 Å². The highest BCUT2D eigenvalue weighted by Crippen LogP contribution is 2.35. The molecule has 5 aromatic carbocycles. The number of nitrogens with zero attached hydrogens (tertiary/aromatic N) is 3. The number of hydrogen-bond donors (Lipinski definition) is 4. The number of amides is 6. The number of carbonyl (C=O) groups is 6. The number of ether oxygens (including phenoxy) is 3. The van der Waals surface area contributed by atoms with E-state index >= 15 is 0 Å². The molecule has 2 fully saturated rings. The number of aromatic nitrogens is 1. The van der Waals surface area contributed by atoms with E-state index in [1.165, 1.54) is 24.0 Å². The van der Waals surface area contributed by atoms with Crippen LogP contribution in [0.5, 0.6) is 5.75 Å². The minimum absolute atomic E-state index is 0.340. The molecule has 0 saturated carbocycles. The van der Waals surface area contributed by atoms with Crippen molar-refractivity contribution in [2.75, 3.05) is 45.1 Å². The lowest BCUT2D eigenvalue weighted by Crippen LogP contribution is -2.48. The first kappa shape index (κ1) is 44.7. The summed E-state index contributed by atoms with van der Waals surface area (Å²) >= 11 is 0. The van der Waals surface area contributed by atoms with Crippen molar-refractivity contribution in [1.82, 2.24) is 25.0 Å². The van der Waals surface area contributed by atoms with Gasteiger partial charge in [-0.05, 0) is 78.8 Å². The van der Waals surface area contributed by atoms with Crippen LogP contribution in [-0.4, -0.2) is 96.7 Å². The highest BCUT2D eigenvalue weighted by atomic mass is 16.5. The Kier molecular flexibility index (Phi) is 13.5. The van der Waals surface area contributed by atoms with E-state index in [4.69, 9.17) is 14.2 Å². The second-order valence-corrected chi connectivity index (χ2v) is 16.2. The highest BCUT2D eigenvalue weighted by Gasteiger charge is 2.40. The van der Waals surface area contributed by atoms with Crippen LogP contribution in [0.1, 0.15) is 54.5 Å².